The number of nitriles is 1. The number of thiophene rings is 1. The van der Waals surface area contributed by atoms with Crippen LogP contribution in [0.25, 0.3) is 0 Å². The molecule has 0 radical (unpaired) electrons. The number of hydrogen-bond acceptors (Lipinski definition) is 4. The molecule has 0 unspecified atom stereocenters. The van der Waals surface area contributed by atoms with Crippen LogP contribution in [0, 0.1) is 11.3 Å². The topological polar surface area (TPSA) is 52.9 Å². The number of anilines is 1. The van der Waals surface area contributed by atoms with Crippen molar-refractivity contribution in [3.05, 3.63) is 46.3 Å². The molecule has 0 saturated carbocycles. The first-order valence-electron chi connectivity index (χ1n) is 8.30. The number of hydrogen-bond donors (Lipinski definition) is 1. The first-order chi connectivity index (χ1) is 11.8. The molecular weight excluding hydrogens is 336 g/mol. The van der Waals surface area contributed by atoms with Gasteiger partial charge in [-0.2, -0.15) is 5.26 Å². The normalized spacial score (nSPS) is 13.6. The van der Waals surface area contributed by atoms with E-state index < -0.39 is 0 Å². The van der Waals surface area contributed by atoms with Crippen molar-refractivity contribution in [2.45, 2.75) is 43.4 Å². The number of nitrogens with one attached hydrogen (secondary N) is 1. The molecule has 2 aromatic rings. The van der Waals surface area contributed by atoms with Crippen molar-refractivity contribution < 1.29 is 4.79 Å². The number of benzene rings is 1. The highest BCUT2D eigenvalue weighted by Crippen LogP contribution is 2.37. The van der Waals surface area contributed by atoms with E-state index in [-0.39, 0.29) is 5.91 Å². The highest BCUT2D eigenvalue weighted by Gasteiger charge is 2.20. The SMILES string of the molecule is N#Cc1c(NC(=O)CCSc2ccccc2)sc2c1CCCCC2. The first kappa shape index (κ1) is 17.1. The van der Waals surface area contributed by atoms with Gasteiger partial charge < -0.3 is 5.32 Å². The molecule has 0 saturated heterocycles. The Morgan fingerprint density at radius 2 is 2.00 bits per heavy atom. The zero-order chi connectivity index (χ0) is 16.8. The smallest absolute Gasteiger partial charge is 0.225 e. The molecule has 0 spiro atoms. The minimum Gasteiger partial charge on any atom is -0.317 e. The Kier molecular flexibility index (Phi) is 5.95. The predicted octanol–water partition coefficient (Wildman–Crippen LogP) is 5.01. The van der Waals surface area contributed by atoms with Crippen molar-refractivity contribution in [3.63, 3.8) is 0 Å². The molecule has 0 fully saturated rings. The first-order valence-corrected chi connectivity index (χ1v) is 10.1. The maximum atomic E-state index is 12.2. The highest BCUT2D eigenvalue weighted by molar-refractivity contribution is 7.99. The van der Waals surface area contributed by atoms with Gasteiger partial charge in [-0.25, -0.2) is 0 Å². The van der Waals surface area contributed by atoms with Crippen molar-refractivity contribution in [3.8, 4) is 6.07 Å². The average Bonchev–Trinajstić information content (AvgIpc) is 2.76. The summed E-state index contributed by atoms with van der Waals surface area (Å²) >= 11 is 3.27. The van der Waals surface area contributed by atoms with Gasteiger partial charge in [-0.05, 0) is 43.4 Å². The Balaban J connectivity index is 1.59. The lowest BCUT2D eigenvalue weighted by Crippen LogP contribution is -2.12. The molecule has 1 heterocycles. The van der Waals surface area contributed by atoms with Crippen LogP contribution in [-0.2, 0) is 17.6 Å². The maximum Gasteiger partial charge on any atom is 0.225 e. The lowest BCUT2D eigenvalue weighted by atomic mass is 10.1. The van der Waals surface area contributed by atoms with Gasteiger partial charge in [0.05, 0.1) is 5.56 Å². The van der Waals surface area contributed by atoms with Crippen molar-refractivity contribution in [1.82, 2.24) is 0 Å². The van der Waals surface area contributed by atoms with E-state index in [0.717, 1.165) is 30.0 Å². The molecule has 124 valence electrons. The van der Waals surface area contributed by atoms with Crippen LogP contribution in [0.5, 0.6) is 0 Å². The number of amides is 1. The van der Waals surface area contributed by atoms with Crippen LogP contribution in [0.3, 0.4) is 0 Å². The van der Waals surface area contributed by atoms with Crippen LogP contribution in [0.1, 0.15) is 41.7 Å². The van der Waals surface area contributed by atoms with Crippen LogP contribution in [0.2, 0.25) is 0 Å². The zero-order valence-corrected chi connectivity index (χ0v) is 15.1. The molecule has 3 rings (SSSR count). The standard InChI is InChI=1S/C19H20N2OS2/c20-13-16-15-9-5-2-6-10-17(15)24-19(16)21-18(22)11-12-23-14-7-3-1-4-8-14/h1,3-4,7-8H,2,5-6,9-12H2,(H,21,22). The second kappa shape index (κ2) is 8.36. The van der Waals surface area contributed by atoms with Gasteiger partial charge in [0.25, 0.3) is 0 Å². The zero-order valence-electron chi connectivity index (χ0n) is 13.5. The molecule has 1 N–H and O–H groups in total. The summed E-state index contributed by atoms with van der Waals surface area (Å²) in [6, 6.07) is 12.4. The van der Waals surface area contributed by atoms with E-state index in [1.54, 1.807) is 23.1 Å². The molecule has 0 bridgehead atoms. The van der Waals surface area contributed by atoms with Gasteiger partial charge >= 0.3 is 0 Å². The second-order valence-electron chi connectivity index (χ2n) is 5.84. The molecule has 0 atom stereocenters. The van der Waals surface area contributed by atoms with Gasteiger partial charge in [0.1, 0.15) is 11.1 Å². The van der Waals surface area contributed by atoms with Gasteiger partial charge in [0, 0.05) is 21.9 Å². The fourth-order valence-corrected chi connectivity index (χ4v) is 5.05. The van der Waals surface area contributed by atoms with Gasteiger partial charge in [0.15, 0.2) is 0 Å². The summed E-state index contributed by atoms with van der Waals surface area (Å²) in [5.41, 5.74) is 1.87. The number of carbonyl (C=O) groups is 1. The third-order valence-electron chi connectivity index (χ3n) is 4.13. The molecule has 24 heavy (non-hydrogen) atoms. The summed E-state index contributed by atoms with van der Waals surface area (Å²) in [6.45, 7) is 0. The molecular formula is C19H20N2OS2. The third kappa shape index (κ3) is 4.19. The lowest BCUT2D eigenvalue weighted by Gasteiger charge is -2.04. The Hall–Kier alpha value is -1.77. The van der Waals surface area contributed by atoms with Gasteiger partial charge in [-0.1, -0.05) is 24.6 Å². The molecule has 1 aromatic carbocycles. The molecule has 1 amide bonds. The van der Waals surface area contributed by atoms with E-state index in [0.29, 0.717) is 12.0 Å². The second-order valence-corrected chi connectivity index (χ2v) is 8.11. The van der Waals surface area contributed by atoms with Gasteiger partial charge in [-0.3, -0.25) is 4.79 Å². The lowest BCUT2D eigenvalue weighted by molar-refractivity contribution is -0.115. The van der Waals surface area contributed by atoms with Crippen molar-refractivity contribution in [1.29, 1.82) is 5.26 Å². The van der Waals surface area contributed by atoms with Crippen LogP contribution in [-0.4, -0.2) is 11.7 Å². The number of thioether (sulfide) groups is 1. The van der Waals surface area contributed by atoms with Crippen molar-refractivity contribution in [2.75, 3.05) is 11.1 Å². The average molecular weight is 357 g/mol. The Bertz CT molecular complexity index is 747. The summed E-state index contributed by atoms with van der Waals surface area (Å²) in [6.07, 6.45) is 6.00. The summed E-state index contributed by atoms with van der Waals surface area (Å²) in [7, 11) is 0. The Morgan fingerprint density at radius 1 is 1.21 bits per heavy atom. The van der Waals surface area contributed by atoms with E-state index in [4.69, 9.17) is 0 Å². The van der Waals surface area contributed by atoms with Crippen LogP contribution >= 0.6 is 23.1 Å². The quantitative estimate of drug-likeness (QED) is 0.605. The highest BCUT2D eigenvalue weighted by atomic mass is 32.2. The van der Waals surface area contributed by atoms with Gasteiger partial charge in [-0.15, -0.1) is 23.1 Å². The van der Waals surface area contributed by atoms with Crippen LogP contribution < -0.4 is 5.32 Å². The molecule has 5 heteroatoms. The van der Waals surface area contributed by atoms with E-state index in [1.165, 1.54) is 28.2 Å². The van der Waals surface area contributed by atoms with E-state index >= 15 is 0 Å². The molecule has 1 aliphatic carbocycles. The fraction of sp³-hybridized carbons (Fsp3) is 0.368. The van der Waals surface area contributed by atoms with E-state index in [2.05, 4.69) is 11.4 Å². The van der Waals surface area contributed by atoms with Crippen LogP contribution in [0.15, 0.2) is 35.2 Å². The maximum absolute atomic E-state index is 12.2. The van der Waals surface area contributed by atoms with Gasteiger partial charge in [0.2, 0.25) is 5.91 Å². The van der Waals surface area contributed by atoms with E-state index in [1.807, 2.05) is 30.3 Å². The third-order valence-corrected chi connectivity index (χ3v) is 6.35. The minimum absolute atomic E-state index is 0.00802. The molecule has 0 aliphatic heterocycles. The number of nitrogens with zero attached hydrogens (tertiary/aromatic N) is 1. The summed E-state index contributed by atoms with van der Waals surface area (Å²) in [4.78, 5) is 14.7. The number of carbonyl (C=O) groups excluding carboxylic acids is 1. The largest absolute Gasteiger partial charge is 0.317 e. The van der Waals surface area contributed by atoms with Crippen molar-refractivity contribution >= 4 is 34.0 Å². The summed E-state index contributed by atoms with van der Waals surface area (Å²) in [5.74, 6) is 0.731. The van der Waals surface area contributed by atoms with E-state index in [9.17, 15) is 10.1 Å². The minimum atomic E-state index is -0.00802. The summed E-state index contributed by atoms with van der Waals surface area (Å²) < 4.78 is 0. The summed E-state index contributed by atoms with van der Waals surface area (Å²) in [5, 5.41) is 13.2. The molecule has 3 nitrogen and oxygen atoms in total. The molecule has 1 aromatic heterocycles. The number of rotatable bonds is 5. The van der Waals surface area contributed by atoms with Crippen LogP contribution in [0.4, 0.5) is 5.00 Å². The monoisotopic (exact) mass is 356 g/mol. The molecule has 1 aliphatic rings. The Labute approximate surface area is 151 Å². The van der Waals surface area contributed by atoms with Crippen molar-refractivity contribution in [2.24, 2.45) is 0 Å². The fourth-order valence-electron chi connectivity index (χ4n) is 2.92. The predicted molar refractivity (Wildman–Crippen MR) is 101 cm³/mol. The number of aryl methyl sites for hydroxylation is 1. The number of fused-ring (bicyclic) bond motifs is 1. The Morgan fingerprint density at radius 3 is 2.79 bits per heavy atom.